The van der Waals surface area contributed by atoms with Gasteiger partial charge in [-0.2, -0.15) is 0 Å². The molecular formula is C15H18F4N2O. The zero-order valence-electron chi connectivity index (χ0n) is 12.0. The second-order valence-electron chi connectivity index (χ2n) is 5.06. The van der Waals surface area contributed by atoms with E-state index in [-0.39, 0.29) is 11.6 Å². The highest BCUT2D eigenvalue weighted by Crippen LogP contribution is 2.32. The number of nitrogens with zero attached hydrogens (tertiary/aromatic N) is 1. The quantitative estimate of drug-likeness (QED) is 0.666. The maximum Gasteiger partial charge on any atom is 0.573 e. The fraction of sp³-hybridized carbons (Fsp3) is 0.467. The Morgan fingerprint density at radius 3 is 2.59 bits per heavy atom. The molecule has 1 heterocycles. The molecule has 22 heavy (non-hydrogen) atoms. The summed E-state index contributed by atoms with van der Waals surface area (Å²) in [5.74, 6) is -0.951. The molecule has 1 aromatic carbocycles. The molecule has 7 heteroatoms. The van der Waals surface area contributed by atoms with Gasteiger partial charge in [0.2, 0.25) is 0 Å². The molecule has 0 bridgehead atoms. The minimum Gasteiger partial charge on any atom is -0.406 e. The minimum atomic E-state index is -4.79. The maximum absolute atomic E-state index is 14.1. The second kappa shape index (κ2) is 7.11. The van der Waals surface area contributed by atoms with E-state index in [0.29, 0.717) is 19.5 Å². The van der Waals surface area contributed by atoms with Crippen molar-refractivity contribution >= 4 is 0 Å². The van der Waals surface area contributed by atoms with Crippen LogP contribution in [0.1, 0.15) is 18.0 Å². The summed E-state index contributed by atoms with van der Waals surface area (Å²) < 4.78 is 55.0. The molecule has 1 N–H and O–H groups in total. The molecule has 122 valence electrons. The first-order valence-corrected chi connectivity index (χ1v) is 7.01. The molecule has 0 aromatic heterocycles. The Hall–Kier alpha value is -1.60. The van der Waals surface area contributed by atoms with Crippen molar-refractivity contribution in [2.75, 3.05) is 26.2 Å². The van der Waals surface area contributed by atoms with E-state index in [1.807, 2.05) is 4.90 Å². The average Bonchev–Trinajstić information content (AvgIpc) is 2.46. The predicted octanol–water partition coefficient (Wildman–Crippen LogP) is 3.25. The normalized spacial score (nSPS) is 18.0. The van der Waals surface area contributed by atoms with Gasteiger partial charge in [-0.15, -0.1) is 19.8 Å². The van der Waals surface area contributed by atoms with Crippen LogP contribution in [-0.2, 0) is 0 Å². The number of alkyl halides is 3. The fourth-order valence-electron chi connectivity index (χ4n) is 2.60. The lowest BCUT2D eigenvalue weighted by Gasteiger charge is -2.35. The van der Waals surface area contributed by atoms with Gasteiger partial charge in [0, 0.05) is 37.8 Å². The van der Waals surface area contributed by atoms with Crippen molar-refractivity contribution in [1.82, 2.24) is 10.2 Å². The molecule has 0 radical (unpaired) electrons. The topological polar surface area (TPSA) is 24.5 Å². The lowest BCUT2D eigenvalue weighted by Crippen LogP contribution is -2.45. The van der Waals surface area contributed by atoms with Gasteiger partial charge >= 0.3 is 6.36 Å². The first-order valence-electron chi connectivity index (χ1n) is 7.01. The maximum atomic E-state index is 14.1. The highest BCUT2D eigenvalue weighted by Gasteiger charge is 2.32. The molecule has 1 fully saturated rings. The molecule has 1 saturated heterocycles. The summed E-state index contributed by atoms with van der Waals surface area (Å²) in [6, 6.07) is 2.76. The number of halogens is 4. The zero-order valence-corrected chi connectivity index (χ0v) is 12.0. The van der Waals surface area contributed by atoms with Crippen LogP contribution in [0.3, 0.4) is 0 Å². The largest absolute Gasteiger partial charge is 0.573 e. The van der Waals surface area contributed by atoms with Crippen LogP contribution in [0.15, 0.2) is 30.9 Å². The van der Waals surface area contributed by atoms with Gasteiger partial charge in [-0.25, -0.2) is 4.39 Å². The first-order chi connectivity index (χ1) is 10.4. The lowest BCUT2D eigenvalue weighted by atomic mass is 10.00. The highest BCUT2D eigenvalue weighted by molar-refractivity contribution is 5.32. The summed E-state index contributed by atoms with van der Waals surface area (Å²) in [7, 11) is 0. The minimum absolute atomic E-state index is 0.198. The van der Waals surface area contributed by atoms with E-state index in [2.05, 4.69) is 16.6 Å². The molecule has 2 rings (SSSR count). The Morgan fingerprint density at radius 2 is 2.00 bits per heavy atom. The van der Waals surface area contributed by atoms with Crippen LogP contribution in [-0.4, -0.2) is 37.4 Å². The van der Waals surface area contributed by atoms with E-state index in [9.17, 15) is 17.6 Å². The molecule has 1 aliphatic rings. The Balaban J connectivity index is 2.28. The van der Waals surface area contributed by atoms with Crippen LogP contribution < -0.4 is 10.1 Å². The van der Waals surface area contributed by atoms with Gasteiger partial charge in [0.05, 0.1) is 0 Å². The highest BCUT2D eigenvalue weighted by atomic mass is 19.4. The number of rotatable bonds is 5. The van der Waals surface area contributed by atoms with E-state index in [4.69, 9.17) is 0 Å². The van der Waals surface area contributed by atoms with Gasteiger partial charge in [0.25, 0.3) is 0 Å². The number of ether oxygens (including phenoxy) is 1. The number of piperazine rings is 1. The van der Waals surface area contributed by atoms with Gasteiger partial charge in [-0.1, -0.05) is 6.08 Å². The van der Waals surface area contributed by atoms with E-state index >= 15 is 0 Å². The summed E-state index contributed by atoms with van der Waals surface area (Å²) in [5, 5.41) is 3.19. The van der Waals surface area contributed by atoms with Crippen LogP contribution in [0.25, 0.3) is 0 Å². The molecule has 0 amide bonds. The van der Waals surface area contributed by atoms with Crippen LogP contribution >= 0.6 is 0 Å². The van der Waals surface area contributed by atoms with Crippen LogP contribution in [0.4, 0.5) is 17.6 Å². The Bertz CT molecular complexity index is 513. The SMILES string of the molecule is C=CC[C@@H](c1cc(OC(F)(F)F)ccc1F)N1CCNCC1. The Kier molecular flexibility index (Phi) is 5.42. The van der Waals surface area contributed by atoms with Crippen molar-refractivity contribution in [3.63, 3.8) is 0 Å². The molecule has 1 atom stereocenters. The molecule has 3 nitrogen and oxygen atoms in total. The van der Waals surface area contributed by atoms with E-state index in [0.717, 1.165) is 31.3 Å². The third kappa shape index (κ3) is 4.45. The van der Waals surface area contributed by atoms with E-state index in [1.54, 1.807) is 6.08 Å². The van der Waals surface area contributed by atoms with Crippen molar-refractivity contribution in [1.29, 1.82) is 0 Å². The summed E-state index contributed by atoms with van der Waals surface area (Å²) in [5.41, 5.74) is 0.198. The average molecular weight is 318 g/mol. The first kappa shape index (κ1) is 16.8. The molecule has 0 unspecified atom stereocenters. The second-order valence-corrected chi connectivity index (χ2v) is 5.06. The molecule has 0 spiro atoms. The van der Waals surface area contributed by atoms with Crippen molar-refractivity contribution in [3.05, 3.63) is 42.2 Å². The van der Waals surface area contributed by atoms with Crippen molar-refractivity contribution < 1.29 is 22.3 Å². The van der Waals surface area contributed by atoms with Crippen LogP contribution in [0.5, 0.6) is 5.75 Å². The molecular weight excluding hydrogens is 300 g/mol. The lowest BCUT2D eigenvalue weighted by molar-refractivity contribution is -0.274. The summed E-state index contributed by atoms with van der Waals surface area (Å²) in [4.78, 5) is 2.04. The number of nitrogens with one attached hydrogen (secondary N) is 1. The Labute approximate surface area is 126 Å². The van der Waals surface area contributed by atoms with E-state index < -0.39 is 17.9 Å². The summed E-state index contributed by atoms with van der Waals surface area (Å²) in [6.45, 7) is 6.57. The Morgan fingerprint density at radius 1 is 1.32 bits per heavy atom. The van der Waals surface area contributed by atoms with Gasteiger partial charge in [-0.05, 0) is 24.6 Å². The molecule has 0 aliphatic carbocycles. The summed E-state index contributed by atoms with van der Waals surface area (Å²) in [6.07, 6.45) is -2.70. The van der Waals surface area contributed by atoms with Crippen molar-refractivity contribution in [3.8, 4) is 5.75 Å². The van der Waals surface area contributed by atoms with Crippen molar-refractivity contribution in [2.45, 2.75) is 18.8 Å². The fourth-order valence-corrected chi connectivity index (χ4v) is 2.60. The van der Waals surface area contributed by atoms with Crippen molar-refractivity contribution in [2.24, 2.45) is 0 Å². The molecule has 1 aliphatic heterocycles. The number of hydrogen-bond donors (Lipinski definition) is 1. The molecule has 0 saturated carbocycles. The number of hydrogen-bond acceptors (Lipinski definition) is 3. The van der Waals surface area contributed by atoms with Crippen LogP contribution in [0, 0.1) is 5.82 Å². The summed E-state index contributed by atoms with van der Waals surface area (Å²) >= 11 is 0. The monoisotopic (exact) mass is 318 g/mol. The smallest absolute Gasteiger partial charge is 0.406 e. The zero-order chi connectivity index (χ0) is 16.2. The van der Waals surface area contributed by atoms with Gasteiger partial charge in [0.1, 0.15) is 11.6 Å². The molecule has 1 aromatic rings. The standard InChI is InChI=1S/C15H18F4N2O/c1-2-3-14(21-8-6-20-7-9-21)12-10-11(4-5-13(12)16)22-15(17,18)19/h2,4-5,10,14,20H,1,3,6-9H2/t14-/m0/s1. The third-order valence-corrected chi connectivity index (χ3v) is 3.54. The third-order valence-electron chi connectivity index (χ3n) is 3.54. The van der Waals surface area contributed by atoms with E-state index in [1.165, 1.54) is 0 Å². The predicted molar refractivity (Wildman–Crippen MR) is 75.1 cm³/mol. The van der Waals surface area contributed by atoms with Gasteiger partial charge in [0.15, 0.2) is 0 Å². The van der Waals surface area contributed by atoms with Gasteiger partial charge < -0.3 is 10.1 Å². The van der Waals surface area contributed by atoms with Crippen LogP contribution in [0.2, 0.25) is 0 Å². The number of benzene rings is 1. The van der Waals surface area contributed by atoms with Gasteiger partial charge in [-0.3, -0.25) is 4.90 Å².